The predicted molar refractivity (Wildman–Crippen MR) is 65.3 cm³/mol. The number of methoxy groups -OCH3 is 1. The number of rotatable bonds is 3. The Morgan fingerprint density at radius 1 is 1.24 bits per heavy atom. The lowest BCUT2D eigenvalue weighted by Gasteiger charge is -2.03. The van der Waals surface area contributed by atoms with Gasteiger partial charge in [-0.2, -0.15) is 0 Å². The van der Waals surface area contributed by atoms with Gasteiger partial charge in [-0.05, 0) is 24.3 Å². The molecule has 0 aliphatic rings. The van der Waals surface area contributed by atoms with Gasteiger partial charge in [0.25, 0.3) is 0 Å². The average molecular weight is 251 g/mol. The molecule has 1 unspecified atom stereocenters. The molecule has 2 aromatic rings. The first-order valence-corrected chi connectivity index (χ1v) is 6.56. The molecule has 2 rings (SSSR count). The van der Waals surface area contributed by atoms with E-state index in [1.165, 1.54) is 0 Å². The normalized spacial score (nSPS) is 12.4. The van der Waals surface area contributed by atoms with Crippen molar-refractivity contribution in [1.82, 2.24) is 14.8 Å². The van der Waals surface area contributed by atoms with E-state index in [2.05, 4.69) is 10.2 Å². The summed E-state index contributed by atoms with van der Waals surface area (Å²) in [7, 11) is 2.29. The molecule has 0 saturated carbocycles. The predicted octanol–water partition coefficient (Wildman–Crippen LogP) is 1.23. The van der Waals surface area contributed by atoms with E-state index in [-0.39, 0.29) is 0 Å². The van der Waals surface area contributed by atoms with Crippen molar-refractivity contribution in [2.45, 2.75) is 5.16 Å². The first-order chi connectivity index (χ1) is 8.13. The van der Waals surface area contributed by atoms with Gasteiger partial charge in [0.1, 0.15) is 5.75 Å². The first kappa shape index (κ1) is 11.8. The van der Waals surface area contributed by atoms with Crippen LogP contribution in [0.5, 0.6) is 5.75 Å². The summed E-state index contributed by atoms with van der Waals surface area (Å²) in [6, 6.07) is 7.50. The Kier molecular flexibility index (Phi) is 3.23. The number of ether oxygens (including phenoxy) is 1. The van der Waals surface area contributed by atoms with Crippen molar-refractivity contribution in [3.63, 3.8) is 0 Å². The zero-order chi connectivity index (χ0) is 12.4. The lowest BCUT2D eigenvalue weighted by molar-refractivity contribution is 0.415. The van der Waals surface area contributed by atoms with Crippen molar-refractivity contribution in [2.24, 2.45) is 7.05 Å². The van der Waals surface area contributed by atoms with E-state index in [4.69, 9.17) is 4.74 Å². The fraction of sp³-hybridized carbons (Fsp3) is 0.273. The first-order valence-electron chi connectivity index (χ1n) is 5.00. The summed E-state index contributed by atoms with van der Waals surface area (Å²) in [5.74, 6) is 1.48. The van der Waals surface area contributed by atoms with E-state index in [0.717, 1.165) is 11.3 Å². The largest absolute Gasteiger partial charge is 0.497 e. The van der Waals surface area contributed by atoms with Crippen LogP contribution < -0.4 is 4.74 Å². The molecule has 0 spiro atoms. The molecule has 0 radical (unpaired) electrons. The third-order valence-electron chi connectivity index (χ3n) is 2.44. The van der Waals surface area contributed by atoms with Crippen LogP contribution in [0.3, 0.4) is 0 Å². The molecule has 1 aromatic heterocycles. The van der Waals surface area contributed by atoms with Crippen molar-refractivity contribution in [1.29, 1.82) is 0 Å². The standard InChI is InChI=1S/C11H13N3O2S/c1-14-10(12-13-11(14)17(3)15)8-4-6-9(16-2)7-5-8/h4-7H,1-3H3. The molecule has 0 aliphatic heterocycles. The van der Waals surface area contributed by atoms with Crippen molar-refractivity contribution < 1.29 is 8.95 Å². The molecule has 90 valence electrons. The second-order valence-corrected chi connectivity index (χ2v) is 4.82. The van der Waals surface area contributed by atoms with Gasteiger partial charge in [0, 0.05) is 18.9 Å². The summed E-state index contributed by atoms with van der Waals surface area (Å²) < 4.78 is 18.2. The number of hydrogen-bond acceptors (Lipinski definition) is 4. The highest BCUT2D eigenvalue weighted by atomic mass is 32.2. The summed E-state index contributed by atoms with van der Waals surface area (Å²) in [6.45, 7) is 0. The molecule has 6 heteroatoms. The molecular weight excluding hydrogens is 238 g/mol. The molecule has 17 heavy (non-hydrogen) atoms. The fourth-order valence-electron chi connectivity index (χ4n) is 1.56. The maximum Gasteiger partial charge on any atom is 0.221 e. The molecule has 0 fully saturated rings. The van der Waals surface area contributed by atoms with E-state index in [1.807, 2.05) is 24.3 Å². The Morgan fingerprint density at radius 3 is 2.35 bits per heavy atom. The van der Waals surface area contributed by atoms with Crippen LogP contribution >= 0.6 is 0 Å². The van der Waals surface area contributed by atoms with Crippen LogP contribution in [-0.4, -0.2) is 32.3 Å². The second-order valence-electron chi connectivity index (χ2n) is 3.55. The number of benzene rings is 1. The second kappa shape index (κ2) is 4.67. The van der Waals surface area contributed by atoms with Crippen LogP contribution in [0.2, 0.25) is 0 Å². The maximum absolute atomic E-state index is 11.4. The molecular formula is C11H13N3O2S. The van der Waals surface area contributed by atoms with Crippen LogP contribution in [-0.2, 0) is 17.8 Å². The van der Waals surface area contributed by atoms with Crippen LogP contribution in [0.25, 0.3) is 11.4 Å². The molecule has 5 nitrogen and oxygen atoms in total. The molecule has 0 bridgehead atoms. The minimum absolute atomic E-state index is 0.468. The summed E-state index contributed by atoms with van der Waals surface area (Å²) in [6.07, 6.45) is 1.59. The SMILES string of the molecule is COc1ccc(-c2nnc(S(C)=O)n2C)cc1. The lowest BCUT2D eigenvalue weighted by atomic mass is 10.2. The van der Waals surface area contributed by atoms with Gasteiger partial charge in [0.15, 0.2) is 5.82 Å². The van der Waals surface area contributed by atoms with Crippen molar-refractivity contribution >= 4 is 10.8 Å². The van der Waals surface area contributed by atoms with Gasteiger partial charge in [0.05, 0.1) is 17.9 Å². The molecule has 1 heterocycles. The smallest absolute Gasteiger partial charge is 0.221 e. The number of hydrogen-bond donors (Lipinski definition) is 0. The molecule has 1 atom stereocenters. The van der Waals surface area contributed by atoms with E-state index in [1.54, 1.807) is 25.0 Å². The topological polar surface area (TPSA) is 57.0 Å². The van der Waals surface area contributed by atoms with Crippen LogP contribution in [0, 0.1) is 0 Å². The zero-order valence-electron chi connectivity index (χ0n) is 9.88. The number of nitrogens with zero attached hydrogens (tertiary/aromatic N) is 3. The highest BCUT2D eigenvalue weighted by Crippen LogP contribution is 2.21. The molecule has 0 aliphatic carbocycles. The van der Waals surface area contributed by atoms with E-state index >= 15 is 0 Å². The van der Waals surface area contributed by atoms with E-state index < -0.39 is 10.8 Å². The van der Waals surface area contributed by atoms with E-state index in [0.29, 0.717) is 11.0 Å². The quantitative estimate of drug-likeness (QED) is 0.823. The molecule has 0 N–H and O–H groups in total. The van der Waals surface area contributed by atoms with Gasteiger partial charge in [0.2, 0.25) is 5.16 Å². The lowest BCUT2D eigenvalue weighted by Crippen LogP contribution is -2.00. The van der Waals surface area contributed by atoms with Gasteiger partial charge < -0.3 is 9.30 Å². The van der Waals surface area contributed by atoms with E-state index in [9.17, 15) is 4.21 Å². The van der Waals surface area contributed by atoms with Crippen molar-refractivity contribution in [3.05, 3.63) is 24.3 Å². The third-order valence-corrected chi connectivity index (χ3v) is 3.31. The van der Waals surface area contributed by atoms with Crippen LogP contribution in [0.1, 0.15) is 0 Å². The van der Waals surface area contributed by atoms with Gasteiger partial charge in [-0.25, -0.2) is 0 Å². The molecule has 0 saturated heterocycles. The molecule has 1 aromatic carbocycles. The summed E-state index contributed by atoms with van der Waals surface area (Å²) >= 11 is 0. The highest BCUT2D eigenvalue weighted by Gasteiger charge is 2.12. The Morgan fingerprint density at radius 2 is 1.88 bits per heavy atom. The van der Waals surface area contributed by atoms with Gasteiger partial charge in [-0.1, -0.05) is 0 Å². The van der Waals surface area contributed by atoms with Gasteiger partial charge >= 0.3 is 0 Å². The Hall–Kier alpha value is -1.69. The van der Waals surface area contributed by atoms with Crippen LogP contribution in [0.15, 0.2) is 29.4 Å². The van der Waals surface area contributed by atoms with Gasteiger partial charge in [-0.15, -0.1) is 10.2 Å². The maximum atomic E-state index is 11.4. The monoisotopic (exact) mass is 251 g/mol. The average Bonchev–Trinajstić information content (AvgIpc) is 2.71. The minimum Gasteiger partial charge on any atom is -0.497 e. The van der Waals surface area contributed by atoms with Crippen LogP contribution in [0.4, 0.5) is 0 Å². The van der Waals surface area contributed by atoms with Crippen molar-refractivity contribution in [2.75, 3.05) is 13.4 Å². The Balaban J connectivity index is 2.42. The third kappa shape index (κ3) is 2.21. The molecule has 0 amide bonds. The zero-order valence-corrected chi connectivity index (χ0v) is 10.7. The highest BCUT2D eigenvalue weighted by molar-refractivity contribution is 7.84. The summed E-state index contributed by atoms with van der Waals surface area (Å²) in [4.78, 5) is 0. The fourth-order valence-corrected chi connectivity index (χ4v) is 2.18. The van der Waals surface area contributed by atoms with Crippen molar-refractivity contribution in [3.8, 4) is 17.1 Å². The van der Waals surface area contributed by atoms with Gasteiger partial charge in [-0.3, -0.25) is 4.21 Å². The number of aromatic nitrogens is 3. The summed E-state index contributed by atoms with van der Waals surface area (Å²) in [5.41, 5.74) is 0.914. The minimum atomic E-state index is -1.13. The Labute approximate surface area is 102 Å². The summed E-state index contributed by atoms with van der Waals surface area (Å²) in [5, 5.41) is 8.43. The Bertz CT molecular complexity index is 548.